The smallest absolute Gasteiger partial charge is 0.192 e. The molecule has 0 N–H and O–H groups in total. The van der Waals surface area contributed by atoms with E-state index in [1.807, 2.05) is 19.1 Å². The van der Waals surface area contributed by atoms with E-state index in [0.29, 0.717) is 6.04 Å². The maximum Gasteiger partial charge on any atom is 0.192 e. The summed E-state index contributed by atoms with van der Waals surface area (Å²) in [5.41, 5.74) is 2.08. The van der Waals surface area contributed by atoms with E-state index in [9.17, 15) is 4.79 Å². The molecule has 1 aliphatic rings. The fourth-order valence-corrected chi connectivity index (χ4v) is 5.07. The van der Waals surface area contributed by atoms with Crippen LogP contribution in [0.5, 0.6) is 0 Å². The Morgan fingerprint density at radius 3 is 2.52 bits per heavy atom. The van der Waals surface area contributed by atoms with Crippen LogP contribution < -0.4 is 0 Å². The number of nitrogens with zero attached hydrogens (tertiary/aromatic N) is 3. The van der Waals surface area contributed by atoms with Gasteiger partial charge in [0.15, 0.2) is 10.9 Å². The van der Waals surface area contributed by atoms with Crippen LogP contribution in [0.25, 0.3) is 0 Å². The van der Waals surface area contributed by atoms with Gasteiger partial charge in [-0.25, -0.2) is 0 Å². The third-order valence-electron chi connectivity index (χ3n) is 5.25. The molecule has 0 saturated heterocycles. The number of benzene rings is 1. The van der Waals surface area contributed by atoms with Crippen LogP contribution in [0.3, 0.4) is 0 Å². The van der Waals surface area contributed by atoms with Crippen LogP contribution in [0, 0.1) is 0 Å². The minimum absolute atomic E-state index is 0.0849. The van der Waals surface area contributed by atoms with Crippen LogP contribution in [-0.4, -0.2) is 25.8 Å². The van der Waals surface area contributed by atoms with Gasteiger partial charge in [0.05, 0.1) is 5.25 Å². The molecule has 1 saturated carbocycles. The van der Waals surface area contributed by atoms with E-state index in [1.165, 1.54) is 35.0 Å². The Bertz CT molecular complexity index is 980. The van der Waals surface area contributed by atoms with Crippen molar-refractivity contribution in [3.8, 4) is 0 Å². The van der Waals surface area contributed by atoms with E-state index < -0.39 is 0 Å². The number of aromatic nitrogens is 3. The van der Waals surface area contributed by atoms with Gasteiger partial charge in [-0.15, -0.1) is 21.5 Å². The fourth-order valence-electron chi connectivity index (χ4n) is 3.36. The highest BCUT2D eigenvalue weighted by atomic mass is 32.2. The zero-order valence-electron chi connectivity index (χ0n) is 17.4. The van der Waals surface area contributed by atoms with E-state index in [1.54, 1.807) is 11.3 Å². The second-order valence-corrected chi connectivity index (χ2v) is 11.0. The lowest BCUT2D eigenvalue weighted by Crippen LogP contribution is -2.16. The molecule has 2 aromatic heterocycles. The number of hydrogen-bond donors (Lipinski definition) is 0. The average Bonchev–Trinajstić information content (AvgIpc) is 3.24. The van der Waals surface area contributed by atoms with Gasteiger partial charge >= 0.3 is 0 Å². The number of Topliss-reactive ketones (excluding diaryl/α,β-unsaturated/α-hetero) is 1. The van der Waals surface area contributed by atoms with Crippen LogP contribution in [0.15, 0.2) is 46.9 Å². The highest BCUT2D eigenvalue weighted by Gasteiger charge is 2.31. The van der Waals surface area contributed by atoms with Crippen LogP contribution in [0.2, 0.25) is 0 Å². The van der Waals surface area contributed by atoms with E-state index in [-0.39, 0.29) is 16.4 Å². The Balaban J connectivity index is 1.50. The van der Waals surface area contributed by atoms with Crippen molar-refractivity contribution >= 4 is 28.9 Å². The van der Waals surface area contributed by atoms with Crippen molar-refractivity contribution < 1.29 is 4.79 Å². The summed E-state index contributed by atoms with van der Waals surface area (Å²) in [5, 5.41) is 11.7. The van der Waals surface area contributed by atoms with E-state index >= 15 is 0 Å². The molecule has 1 fully saturated rings. The monoisotopic (exact) mass is 425 g/mol. The standard InChI is InChI=1S/C23H27N3OS2/c1-15(21(27)16-7-9-17(10-8-16)23(2,3)4)29-22-25-24-20(26(22)18-11-12-18)14-19-6-5-13-28-19/h5-10,13,15,18H,11-12,14H2,1-4H3. The lowest BCUT2D eigenvalue weighted by molar-refractivity contribution is 0.0993. The average molecular weight is 426 g/mol. The summed E-state index contributed by atoms with van der Waals surface area (Å²) in [6.45, 7) is 8.51. The van der Waals surface area contributed by atoms with Gasteiger partial charge in [-0.3, -0.25) is 4.79 Å². The summed E-state index contributed by atoms with van der Waals surface area (Å²) in [6, 6.07) is 12.7. The first kappa shape index (κ1) is 20.4. The molecular weight excluding hydrogens is 398 g/mol. The summed E-state index contributed by atoms with van der Waals surface area (Å²) in [4.78, 5) is 14.3. The minimum Gasteiger partial charge on any atom is -0.303 e. The molecule has 0 spiro atoms. The summed E-state index contributed by atoms with van der Waals surface area (Å²) in [6.07, 6.45) is 3.14. The Labute approximate surface area is 180 Å². The number of hydrogen-bond acceptors (Lipinski definition) is 5. The van der Waals surface area contributed by atoms with Crippen LogP contribution in [-0.2, 0) is 11.8 Å². The quantitative estimate of drug-likeness (QED) is 0.348. The molecule has 152 valence electrons. The fraction of sp³-hybridized carbons (Fsp3) is 0.435. The maximum absolute atomic E-state index is 13.0. The largest absolute Gasteiger partial charge is 0.303 e. The Morgan fingerprint density at radius 2 is 1.93 bits per heavy atom. The molecule has 1 atom stereocenters. The number of carbonyl (C=O) groups excluding carboxylic acids is 1. The third kappa shape index (κ3) is 4.64. The summed E-state index contributed by atoms with van der Waals surface area (Å²) >= 11 is 3.27. The third-order valence-corrected chi connectivity index (χ3v) is 7.18. The SMILES string of the molecule is CC(Sc1nnc(Cc2cccs2)n1C1CC1)C(=O)c1ccc(C(C)(C)C)cc1. The first-order chi connectivity index (χ1) is 13.8. The summed E-state index contributed by atoms with van der Waals surface area (Å²) in [7, 11) is 0. The Morgan fingerprint density at radius 1 is 1.21 bits per heavy atom. The molecule has 6 heteroatoms. The van der Waals surface area contributed by atoms with Crippen molar-refractivity contribution in [1.82, 2.24) is 14.8 Å². The predicted octanol–water partition coefficient (Wildman–Crippen LogP) is 5.93. The van der Waals surface area contributed by atoms with Crippen molar-refractivity contribution in [2.45, 2.75) is 68.8 Å². The Kier molecular flexibility index (Phi) is 5.67. The second-order valence-electron chi connectivity index (χ2n) is 8.71. The molecule has 4 rings (SSSR count). The van der Waals surface area contributed by atoms with Gasteiger partial charge in [-0.05, 0) is 42.2 Å². The molecule has 0 aliphatic heterocycles. The normalized spacial score (nSPS) is 15.4. The molecule has 3 aromatic rings. The van der Waals surface area contributed by atoms with Gasteiger partial charge in [0.25, 0.3) is 0 Å². The molecule has 1 aliphatic carbocycles. The van der Waals surface area contributed by atoms with Crippen molar-refractivity contribution in [3.63, 3.8) is 0 Å². The number of carbonyl (C=O) groups is 1. The maximum atomic E-state index is 13.0. The predicted molar refractivity (Wildman–Crippen MR) is 120 cm³/mol. The van der Waals surface area contributed by atoms with E-state index in [2.05, 4.69) is 65.2 Å². The lowest BCUT2D eigenvalue weighted by atomic mass is 9.86. The molecule has 1 aromatic carbocycles. The summed E-state index contributed by atoms with van der Waals surface area (Å²) < 4.78 is 2.26. The first-order valence-electron chi connectivity index (χ1n) is 10.1. The molecule has 0 radical (unpaired) electrons. The highest BCUT2D eigenvalue weighted by Crippen LogP contribution is 2.40. The molecular formula is C23H27N3OS2. The van der Waals surface area contributed by atoms with Crippen molar-refractivity contribution in [3.05, 3.63) is 63.6 Å². The van der Waals surface area contributed by atoms with Crippen molar-refractivity contribution in [2.24, 2.45) is 0 Å². The number of ketones is 1. The van der Waals surface area contributed by atoms with Gasteiger partial charge in [0, 0.05) is 22.9 Å². The summed E-state index contributed by atoms with van der Waals surface area (Å²) in [5.74, 6) is 1.15. The topological polar surface area (TPSA) is 47.8 Å². The number of thioether (sulfide) groups is 1. The number of thiophene rings is 1. The molecule has 0 amide bonds. The van der Waals surface area contributed by atoms with Gasteiger partial charge in [-0.1, -0.05) is 62.9 Å². The first-order valence-corrected chi connectivity index (χ1v) is 11.9. The van der Waals surface area contributed by atoms with E-state index in [0.717, 1.165) is 23.0 Å². The molecule has 2 heterocycles. The minimum atomic E-state index is -0.202. The van der Waals surface area contributed by atoms with Gasteiger partial charge in [-0.2, -0.15) is 0 Å². The lowest BCUT2D eigenvalue weighted by Gasteiger charge is -2.19. The van der Waals surface area contributed by atoms with Crippen LogP contribution >= 0.6 is 23.1 Å². The van der Waals surface area contributed by atoms with Gasteiger partial charge < -0.3 is 4.57 Å². The van der Waals surface area contributed by atoms with Gasteiger partial charge in [0.2, 0.25) is 0 Å². The van der Waals surface area contributed by atoms with Crippen LogP contribution in [0.1, 0.15) is 73.2 Å². The molecule has 4 nitrogen and oxygen atoms in total. The van der Waals surface area contributed by atoms with E-state index in [4.69, 9.17) is 0 Å². The Hall–Kier alpha value is -1.92. The van der Waals surface area contributed by atoms with Crippen molar-refractivity contribution in [1.29, 1.82) is 0 Å². The molecule has 0 bridgehead atoms. The highest BCUT2D eigenvalue weighted by molar-refractivity contribution is 8.00. The number of rotatable bonds is 7. The van der Waals surface area contributed by atoms with Gasteiger partial charge in [0.1, 0.15) is 5.82 Å². The zero-order chi connectivity index (χ0) is 20.6. The second kappa shape index (κ2) is 8.07. The van der Waals surface area contributed by atoms with Crippen LogP contribution in [0.4, 0.5) is 0 Å². The zero-order valence-corrected chi connectivity index (χ0v) is 19.0. The molecule has 1 unspecified atom stereocenters. The molecule has 29 heavy (non-hydrogen) atoms. The van der Waals surface area contributed by atoms with Crippen molar-refractivity contribution in [2.75, 3.05) is 0 Å².